The van der Waals surface area contributed by atoms with Gasteiger partial charge >= 0.3 is 5.97 Å². The third-order valence-corrected chi connectivity index (χ3v) is 4.50. The number of carbonyl (C=O) groups is 2. The number of nitrogens with zero attached hydrogens (tertiary/aromatic N) is 1. The van der Waals surface area contributed by atoms with Crippen molar-refractivity contribution in [1.82, 2.24) is 0 Å². The number of carboxylic acid groups (broad SMARTS) is 1. The van der Waals surface area contributed by atoms with Crippen LogP contribution in [0.4, 0.5) is 15.8 Å². The van der Waals surface area contributed by atoms with Crippen molar-refractivity contribution >= 4 is 23.3 Å². The molecule has 2 aliphatic rings. The predicted molar refractivity (Wildman–Crippen MR) is 86.5 cm³/mol. The topological polar surface area (TPSA) is 78.9 Å². The number of aliphatic carboxylic acids is 1. The van der Waals surface area contributed by atoms with Crippen LogP contribution in [0.3, 0.4) is 0 Å². The summed E-state index contributed by atoms with van der Waals surface area (Å²) in [5.41, 5.74) is -0.714. The lowest BCUT2D eigenvalue weighted by Crippen LogP contribution is -2.41. The van der Waals surface area contributed by atoms with Gasteiger partial charge in [-0.15, -0.1) is 0 Å². The molecule has 0 unspecified atom stereocenters. The lowest BCUT2D eigenvalue weighted by molar-refractivity contribution is -0.153. The fourth-order valence-corrected chi connectivity index (χ4v) is 3.00. The number of nitrogens with one attached hydrogen (secondary N) is 1. The van der Waals surface area contributed by atoms with E-state index in [0.29, 0.717) is 37.7 Å². The van der Waals surface area contributed by atoms with Gasteiger partial charge in [0, 0.05) is 18.8 Å². The fraction of sp³-hybridized carbons (Fsp3) is 0.412. The monoisotopic (exact) mass is 334 g/mol. The van der Waals surface area contributed by atoms with E-state index in [1.807, 2.05) is 4.90 Å². The van der Waals surface area contributed by atoms with Gasteiger partial charge < -0.3 is 20.1 Å². The normalized spacial score (nSPS) is 19.3. The zero-order valence-electron chi connectivity index (χ0n) is 13.1. The van der Waals surface area contributed by atoms with Crippen molar-refractivity contribution in [3.63, 3.8) is 0 Å². The molecule has 0 atom stereocenters. The first-order valence-corrected chi connectivity index (χ1v) is 7.85. The van der Waals surface area contributed by atoms with Gasteiger partial charge in [-0.2, -0.15) is 0 Å². The minimum atomic E-state index is -1.48. The van der Waals surface area contributed by atoms with Crippen LogP contribution < -0.4 is 10.2 Å². The quantitative estimate of drug-likeness (QED) is 0.651. The van der Waals surface area contributed by atoms with Crippen LogP contribution in [0.15, 0.2) is 30.4 Å². The number of anilines is 2. The molecule has 6 nitrogen and oxygen atoms in total. The number of morpholine rings is 1. The van der Waals surface area contributed by atoms with E-state index in [9.17, 15) is 19.1 Å². The zero-order valence-corrected chi connectivity index (χ0v) is 13.1. The summed E-state index contributed by atoms with van der Waals surface area (Å²) < 4.78 is 19.4. The van der Waals surface area contributed by atoms with Crippen LogP contribution in [0.25, 0.3) is 0 Å². The van der Waals surface area contributed by atoms with E-state index >= 15 is 0 Å². The number of halogens is 1. The molecule has 24 heavy (non-hydrogen) atoms. The van der Waals surface area contributed by atoms with Gasteiger partial charge in [0.25, 0.3) is 0 Å². The summed E-state index contributed by atoms with van der Waals surface area (Å²) in [7, 11) is 0. The molecule has 1 fully saturated rings. The molecule has 128 valence electrons. The molecule has 1 aliphatic heterocycles. The minimum absolute atomic E-state index is 0.158. The minimum Gasteiger partial charge on any atom is -0.480 e. The Morgan fingerprint density at radius 3 is 2.50 bits per heavy atom. The maximum Gasteiger partial charge on any atom is 0.319 e. The predicted octanol–water partition coefficient (Wildman–Crippen LogP) is 2.02. The molecule has 1 aromatic carbocycles. The molecule has 7 heteroatoms. The number of hydrogen-bond acceptors (Lipinski definition) is 4. The zero-order chi connectivity index (χ0) is 17.2. The van der Waals surface area contributed by atoms with Crippen LogP contribution in [0.5, 0.6) is 0 Å². The van der Waals surface area contributed by atoms with Gasteiger partial charge in [-0.05, 0) is 31.0 Å². The van der Waals surface area contributed by atoms with E-state index in [-0.39, 0.29) is 18.7 Å². The Balaban J connectivity index is 1.80. The summed E-state index contributed by atoms with van der Waals surface area (Å²) in [5, 5.41) is 12.1. The van der Waals surface area contributed by atoms with Crippen molar-refractivity contribution < 1.29 is 23.8 Å². The van der Waals surface area contributed by atoms with E-state index in [1.54, 1.807) is 12.2 Å². The van der Waals surface area contributed by atoms with E-state index in [1.165, 1.54) is 18.2 Å². The van der Waals surface area contributed by atoms with Gasteiger partial charge in [-0.25, -0.2) is 4.39 Å². The molecule has 1 amide bonds. The number of hydrogen-bond donors (Lipinski definition) is 2. The summed E-state index contributed by atoms with van der Waals surface area (Å²) in [5.74, 6) is -2.12. The maximum absolute atomic E-state index is 14.1. The number of ether oxygens (including phenoxy) is 1. The van der Waals surface area contributed by atoms with E-state index in [0.717, 1.165) is 0 Å². The van der Waals surface area contributed by atoms with Crippen molar-refractivity contribution in [2.75, 3.05) is 36.5 Å². The first kappa shape index (κ1) is 16.4. The molecule has 0 saturated carbocycles. The molecule has 0 spiro atoms. The Morgan fingerprint density at radius 1 is 1.21 bits per heavy atom. The lowest BCUT2D eigenvalue weighted by Gasteiger charge is -2.29. The summed E-state index contributed by atoms with van der Waals surface area (Å²) in [4.78, 5) is 25.9. The van der Waals surface area contributed by atoms with Crippen LogP contribution in [0.1, 0.15) is 12.8 Å². The maximum atomic E-state index is 14.1. The number of rotatable bonds is 4. The Kier molecular flexibility index (Phi) is 4.53. The molecule has 0 radical (unpaired) electrons. The molecule has 2 N–H and O–H groups in total. The van der Waals surface area contributed by atoms with Crippen LogP contribution in [0.2, 0.25) is 0 Å². The van der Waals surface area contributed by atoms with Crippen molar-refractivity contribution in [2.45, 2.75) is 12.8 Å². The highest BCUT2D eigenvalue weighted by Gasteiger charge is 2.46. The Labute approximate surface area is 138 Å². The van der Waals surface area contributed by atoms with Crippen LogP contribution in [0, 0.1) is 11.2 Å². The van der Waals surface area contributed by atoms with Gasteiger partial charge in [0.15, 0.2) is 5.41 Å². The smallest absolute Gasteiger partial charge is 0.319 e. The van der Waals surface area contributed by atoms with Crippen LogP contribution in [-0.2, 0) is 14.3 Å². The molecular formula is C17H19FN2O4. The number of benzene rings is 1. The van der Waals surface area contributed by atoms with Crippen molar-refractivity contribution in [2.24, 2.45) is 5.41 Å². The van der Waals surface area contributed by atoms with E-state index in [4.69, 9.17) is 4.74 Å². The Hall–Kier alpha value is -2.41. The van der Waals surface area contributed by atoms with Crippen molar-refractivity contribution in [3.05, 3.63) is 36.2 Å². The second kappa shape index (κ2) is 6.60. The first-order valence-electron chi connectivity index (χ1n) is 7.85. The summed E-state index contributed by atoms with van der Waals surface area (Å²) in [6.07, 6.45) is 3.70. The number of carboxylic acids is 1. The lowest BCUT2D eigenvalue weighted by atomic mass is 9.84. The van der Waals surface area contributed by atoms with E-state index < -0.39 is 17.3 Å². The molecule has 1 aromatic rings. The molecule has 0 aromatic heterocycles. The molecular weight excluding hydrogens is 315 g/mol. The number of amides is 1. The molecule has 3 rings (SSSR count). The van der Waals surface area contributed by atoms with Crippen molar-refractivity contribution in [3.8, 4) is 0 Å². The first-order chi connectivity index (χ1) is 11.5. The third kappa shape index (κ3) is 2.99. The molecule has 1 heterocycles. The summed E-state index contributed by atoms with van der Waals surface area (Å²) in [6.45, 7) is 2.17. The average molecular weight is 334 g/mol. The third-order valence-electron chi connectivity index (χ3n) is 4.50. The van der Waals surface area contributed by atoms with Gasteiger partial charge in [-0.3, -0.25) is 9.59 Å². The largest absolute Gasteiger partial charge is 0.480 e. The van der Waals surface area contributed by atoms with Gasteiger partial charge in [0.2, 0.25) is 5.91 Å². The van der Waals surface area contributed by atoms with Crippen LogP contribution >= 0.6 is 0 Å². The van der Waals surface area contributed by atoms with Gasteiger partial charge in [0.05, 0.1) is 18.9 Å². The van der Waals surface area contributed by atoms with Gasteiger partial charge in [-0.1, -0.05) is 12.2 Å². The fourth-order valence-electron chi connectivity index (χ4n) is 3.00. The second-order valence-corrected chi connectivity index (χ2v) is 5.99. The van der Waals surface area contributed by atoms with Crippen LogP contribution in [-0.4, -0.2) is 43.3 Å². The molecule has 1 saturated heterocycles. The summed E-state index contributed by atoms with van der Waals surface area (Å²) in [6, 6.07) is 4.26. The standard InChI is InChI=1S/C17H19FN2O4/c18-13-4-3-12(11-14(13)20-7-9-24-10-8-20)19-15(21)17(16(22)23)5-1-2-6-17/h1-4,11H,5-10H2,(H,19,21)(H,22,23). The average Bonchev–Trinajstić information content (AvgIpc) is 3.08. The van der Waals surface area contributed by atoms with E-state index in [2.05, 4.69) is 5.32 Å². The highest BCUT2D eigenvalue weighted by Crippen LogP contribution is 2.35. The number of carbonyl (C=O) groups excluding carboxylic acids is 1. The number of allylic oxidation sites excluding steroid dienone is 2. The Bertz CT molecular complexity index is 675. The highest BCUT2D eigenvalue weighted by molar-refractivity contribution is 6.09. The SMILES string of the molecule is O=C(O)C1(C(=O)Nc2ccc(F)c(N3CCOCC3)c2)CC=CC1. The van der Waals surface area contributed by atoms with Crippen molar-refractivity contribution in [1.29, 1.82) is 0 Å². The Morgan fingerprint density at radius 2 is 1.88 bits per heavy atom. The highest BCUT2D eigenvalue weighted by atomic mass is 19.1. The second-order valence-electron chi connectivity index (χ2n) is 5.99. The molecule has 1 aliphatic carbocycles. The molecule has 0 bridgehead atoms. The van der Waals surface area contributed by atoms with Gasteiger partial charge in [0.1, 0.15) is 5.82 Å². The summed E-state index contributed by atoms with van der Waals surface area (Å²) >= 11 is 0.